The summed E-state index contributed by atoms with van der Waals surface area (Å²) in [4.78, 5) is 37.0. The molecule has 1 aliphatic heterocycles. The SMILES string of the molecule is NCCCN(CCCN)Cc1ccc(-n2cc3cc(-c4ccc(C(=O)C(CCc5cc(F)cc(F)c5)CCC5CCNCC5)cc4)[nH]c3nc2=O)cc1. The lowest BCUT2D eigenvalue weighted by Crippen LogP contribution is -2.28. The number of carbonyl (C=O) groups excluding carboxylic acids is 1. The van der Waals surface area contributed by atoms with E-state index in [0.717, 1.165) is 105 Å². The Bertz CT molecular complexity index is 1980. The monoisotopic (exact) mass is 723 g/mol. The molecule has 280 valence electrons. The predicted molar refractivity (Wildman–Crippen MR) is 207 cm³/mol. The summed E-state index contributed by atoms with van der Waals surface area (Å²) in [5.41, 5.74) is 16.3. The Morgan fingerprint density at radius 2 is 1.57 bits per heavy atom. The number of piperidine rings is 1. The van der Waals surface area contributed by atoms with Gasteiger partial charge in [0.05, 0.1) is 5.69 Å². The summed E-state index contributed by atoms with van der Waals surface area (Å²) in [6, 6.07) is 20.9. The van der Waals surface area contributed by atoms with Crippen LogP contribution < -0.4 is 22.5 Å². The van der Waals surface area contributed by atoms with Crippen LogP contribution in [0.1, 0.15) is 66.4 Å². The number of aryl methyl sites for hydroxylation is 1. The minimum Gasteiger partial charge on any atom is -0.339 e. The van der Waals surface area contributed by atoms with Crippen molar-refractivity contribution in [3.63, 3.8) is 0 Å². The largest absolute Gasteiger partial charge is 0.354 e. The van der Waals surface area contributed by atoms with Crippen molar-refractivity contribution in [3.05, 3.63) is 118 Å². The van der Waals surface area contributed by atoms with Gasteiger partial charge >= 0.3 is 5.69 Å². The zero-order valence-electron chi connectivity index (χ0n) is 30.3. The van der Waals surface area contributed by atoms with Gasteiger partial charge in [0, 0.05) is 41.4 Å². The summed E-state index contributed by atoms with van der Waals surface area (Å²) < 4.78 is 29.3. The molecular formula is C42H51F2N7O2. The molecule has 1 aliphatic rings. The molecule has 0 spiro atoms. The minimum atomic E-state index is -0.605. The van der Waals surface area contributed by atoms with Crippen molar-refractivity contribution in [1.29, 1.82) is 0 Å². The third-order valence-electron chi connectivity index (χ3n) is 10.4. The second kappa shape index (κ2) is 18.5. The summed E-state index contributed by atoms with van der Waals surface area (Å²) in [5, 5.41) is 4.18. The average molecular weight is 724 g/mol. The molecule has 3 heterocycles. The van der Waals surface area contributed by atoms with Crippen molar-refractivity contribution in [2.45, 2.75) is 57.9 Å². The fourth-order valence-corrected chi connectivity index (χ4v) is 7.41. The van der Waals surface area contributed by atoms with Crippen molar-refractivity contribution < 1.29 is 13.6 Å². The number of carbonyl (C=O) groups is 1. The molecule has 1 unspecified atom stereocenters. The number of rotatable bonds is 18. The van der Waals surface area contributed by atoms with Gasteiger partial charge in [0.1, 0.15) is 17.3 Å². The van der Waals surface area contributed by atoms with E-state index in [-0.39, 0.29) is 17.4 Å². The molecule has 1 fully saturated rings. The molecule has 6 rings (SSSR count). The van der Waals surface area contributed by atoms with Crippen molar-refractivity contribution in [2.24, 2.45) is 23.3 Å². The summed E-state index contributed by atoms with van der Waals surface area (Å²) in [7, 11) is 0. The van der Waals surface area contributed by atoms with Gasteiger partial charge in [-0.3, -0.25) is 14.3 Å². The van der Waals surface area contributed by atoms with Gasteiger partial charge in [-0.2, -0.15) is 4.98 Å². The minimum absolute atomic E-state index is 0.0440. The van der Waals surface area contributed by atoms with Gasteiger partial charge in [-0.1, -0.05) is 36.4 Å². The first-order valence-electron chi connectivity index (χ1n) is 18.9. The number of ketones is 1. The molecule has 1 saturated heterocycles. The van der Waals surface area contributed by atoms with E-state index in [0.29, 0.717) is 48.6 Å². The molecule has 53 heavy (non-hydrogen) atoms. The molecule has 1 atom stereocenters. The zero-order valence-corrected chi connectivity index (χ0v) is 30.3. The van der Waals surface area contributed by atoms with Gasteiger partial charge in [0.2, 0.25) is 0 Å². The van der Waals surface area contributed by atoms with Gasteiger partial charge in [0.15, 0.2) is 5.78 Å². The van der Waals surface area contributed by atoms with Crippen LogP contribution in [-0.2, 0) is 13.0 Å². The number of nitrogens with zero attached hydrogens (tertiary/aromatic N) is 3. The van der Waals surface area contributed by atoms with Crippen LogP contribution in [0.5, 0.6) is 0 Å². The van der Waals surface area contributed by atoms with E-state index in [4.69, 9.17) is 11.5 Å². The fraction of sp³-hybridized carbons (Fsp3) is 0.405. The maximum Gasteiger partial charge on any atom is 0.354 e. The van der Waals surface area contributed by atoms with E-state index in [2.05, 4.69) is 20.2 Å². The van der Waals surface area contributed by atoms with Crippen LogP contribution in [0.3, 0.4) is 0 Å². The highest BCUT2D eigenvalue weighted by Gasteiger charge is 2.23. The van der Waals surface area contributed by atoms with Crippen LogP contribution in [0.25, 0.3) is 28.0 Å². The first-order chi connectivity index (χ1) is 25.8. The van der Waals surface area contributed by atoms with Gasteiger partial charge in [-0.25, -0.2) is 13.6 Å². The third-order valence-corrected chi connectivity index (χ3v) is 10.4. The Labute approximate surface area is 309 Å². The standard InChI is InChI=1S/C42H51F2N7O2/c43-36-23-31(24-37(44)26-36)4-8-33(7-3-29-15-19-47-20-16-29)40(52)34-11-9-32(10-12-34)39-25-35-28-51(42(53)49-41(35)48-39)38-13-5-30(6-14-38)27-50(21-1-17-45)22-2-18-46/h5-6,9-14,23-26,28-29,33,47H,1-4,7-8,15-22,27,45-46H2,(H,48,49,53). The number of aromatic nitrogens is 3. The lowest BCUT2D eigenvalue weighted by molar-refractivity contribution is 0.0899. The molecule has 0 aliphatic carbocycles. The van der Waals surface area contributed by atoms with Gasteiger partial charge in [-0.15, -0.1) is 0 Å². The summed E-state index contributed by atoms with van der Waals surface area (Å²) >= 11 is 0. The van der Waals surface area contributed by atoms with Gasteiger partial charge < -0.3 is 21.8 Å². The lowest BCUT2D eigenvalue weighted by atomic mass is 9.83. The third kappa shape index (κ3) is 10.3. The number of aromatic amines is 1. The molecule has 2 aromatic heterocycles. The van der Waals surface area contributed by atoms with Crippen molar-refractivity contribution in [1.82, 2.24) is 24.8 Å². The second-order valence-electron chi connectivity index (χ2n) is 14.3. The van der Waals surface area contributed by atoms with Crippen LogP contribution in [0.4, 0.5) is 8.78 Å². The number of nitrogens with two attached hydrogens (primary N) is 2. The lowest BCUT2D eigenvalue weighted by Gasteiger charge is -2.24. The second-order valence-corrected chi connectivity index (χ2v) is 14.3. The molecular weight excluding hydrogens is 673 g/mol. The molecule has 3 aromatic carbocycles. The van der Waals surface area contributed by atoms with E-state index < -0.39 is 11.6 Å². The number of nitrogens with one attached hydrogen (secondary N) is 2. The van der Waals surface area contributed by atoms with Crippen LogP contribution >= 0.6 is 0 Å². The average Bonchev–Trinajstić information content (AvgIpc) is 3.58. The normalized spacial score (nSPS) is 14.3. The van der Waals surface area contributed by atoms with Crippen molar-refractivity contribution in [2.75, 3.05) is 39.3 Å². The Morgan fingerprint density at radius 1 is 0.887 bits per heavy atom. The van der Waals surface area contributed by atoms with Crippen LogP contribution in [0.15, 0.2) is 83.8 Å². The van der Waals surface area contributed by atoms with Crippen LogP contribution in [0, 0.1) is 23.5 Å². The van der Waals surface area contributed by atoms with E-state index >= 15 is 0 Å². The number of hydrogen-bond acceptors (Lipinski definition) is 7. The smallest absolute Gasteiger partial charge is 0.339 e. The first kappa shape index (κ1) is 38.2. The highest BCUT2D eigenvalue weighted by atomic mass is 19.1. The predicted octanol–water partition coefficient (Wildman–Crippen LogP) is 6.37. The summed E-state index contributed by atoms with van der Waals surface area (Å²) in [5.74, 6) is -0.857. The maximum absolute atomic E-state index is 13.9. The van der Waals surface area contributed by atoms with E-state index in [9.17, 15) is 18.4 Å². The molecule has 6 N–H and O–H groups in total. The Hall–Kier alpha value is -4.55. The molecule has 0 bridgehead atoms. The number of hydrogen-bond donors (Lipinski definition) is 4. The van der Waals surface area contributed by atoms with Crippen molar-refractivity contribution in [3.8, 4) is 16.9 Å². The van der Waals surface area contributed by atoms with Crippen molar-refractivity contribution >= 4 is 16.8 Å². The Morgan fingerprint density at radius 3 is 2.23 bits per heavy atom. The number of benzene rings is 3. The molecule has 5 aromatic rings. The molecule has 9 nitrogen and oxygen atoms in total. The summed E-state index contributed by atoms with van der Waals surface area (Å²) in [6.45, 7) is 5.88. The zero-order chi connectivity index (χ0) is 37.2. The molecule has 0 radical (unpaired) electrons. The van der Waals surface area contributed by atoms with E-state index in [1.165, 1.54) is 12.1 Å². The summed E-state index contributed by atoms with van der Waals surface area (Å²) in [6.07, 6.45) is 8.45. The molecule has 0 saturated carbocycles. The number of halogens is 2. The maximum atomic E-state index is 13.9. The molecule has 0 amide bonds. The van der Waals surface area contributed by atoms with Gasteiger partial charge in [-0.05, 0) is 144 Å². The first-order valence-corrected chi connectivity index (χ1v) is 18.9. The fourth-order valence-electron chi connectivity index (χ4n) is 7.41. The Balaban J connectivity index is 1.15. The highest BCUT2D eigenvalue weighted by molar-refractivity contribution is 5.98. The number of Topliss-reactive ketones (excluding diaryl/α,β-unsaturated/α-hetero) is 1. The van der Waals surface area contributed by atoms with Gasteiger partial charge in [0.25, 0.3) is 0 Å². The van der Waals surface area contributed by atoms with Crippen LogP contribution in [-0.4, -0.2) is 64.5 Å². The molecule has 11 heteroatoms. The topological polar surface area (TPSA) is 135 Å². The quantitative estimate of drug-likeness (QED) is 0.0772. The van der Waals surface area contributed by atoms with E-state index in [1.807, 2.05) is 54.6 Å². The van der Waals surface area contributed by atoms with Crippen LogP contribution in [0.2, 0.25) is 0 Å². The highest BCUT2D eigenvalue weighted by Crippen LogP contribution is 2.29. The number of fused-ring (bicyclic) bond motifs is 1. The number of H-pyrrole nitrogens is 1. The Kier molecular flexibility index (Phi) is 13.3. The van der Waals surface area contributed by atoms with E-state index in [1.54, 1.807) is 10.8 Å².